The third-order valence-electron chi connectivity index (χ3n) is 2.49. The van der Waals surface area contributed by atoms with Gasteiger partial charge in [-0.05, 0) is 25.4 Å². The maximum Gasteiger partial charge on any atom is 0.260 e. The molecule has 0 amide bonds. The number of sulfonamides is 1. The Morgan fingerprint density at radius 2 is 2.31 bits per heavy atom. The predicted molar refractivity (Wildman–Crippen MR) is 66.0 cm³/mol. The van der Waals surface area contributed by atoms with Crippen LogP contribution >= 0.6 is 11.8 Å². The van der Waals surface area contributed by atoms with E-state index in [9.17, 15) is 8.42 Å². The Morgan fingerprint density at radius 1 is 1.62 bits per heavy atom. The van der Waals surface area contributed by atoms with Crippen molar-refractivity contribution in [3.05, 3.63) is 12.5 Å². The fourth-order valence-electron chi connectivity index (χ4n) is 1.25. The Morgan fingerprint density at radius 3 is 2.81 bits per heavy atom. The van der Waals surface area contributed by atoms with E-state index in [-0.39, 0.29) is 11.1 Å². The van der Waals surface area contributed by atoms with Gasteiger partial charge in [-0.3, -0.25) is 0 Å². The maximum atomic E-state index is 12.0. The third kappa shape index (κ3) is 2.99. The molecule has 1 rings (SSSR count). The van der Waals surface area contributed by atoms with E-state index in [1.807, 2.05) is 13.2 Å². The van der Waals surface area contributed by atoms with Crippen LogP contribution in [0.4, 0.5) is 0 Å². The third-order valence-corrected chi connectivity index (χ3v) is 5.03. The molecule has 0 fully saturated rings. The maximum absolute atomic E-state index is 12.0. The average Bonchev–Trinajstić information content (AvgIpc) is 2.78. The van der Waals surface area contributed by atoms with Crippen LogP contribution in [0.5, 0.6) is 0 Å². The lowest BCUT2D eigenvalue weighted by molar-refractivity contribution is 0.381. The first-order chi connectivity index (χ1) is 7.50. The molecule has 0 saturated carbocycles. The minimum absolute atomic E-state index is 0.0132. The van der Waals surface area contributed by atoms with Gasteiger partial charge in [0.05, 0.1) is 12.5 Å². The van der Waals surface area contributed by atoms with Crippen molar-refractivity contribution >= 4 is 21.8 Å². The van der Waals surface area contributed by atoms with E-state index in [4.69, 9.17) is 0 Å². The molecule has 0 aliphatic carbocycles. The quantitative estimate of drug-likeness (QED) is 0.836. The van der Waals surface area contributed by atoms with Gasteiger partial charge in [-0.1, -0.05) is 0 Å². The number of aromatic amines is 1. The van der Waals surface area contributed by atoms with Crippen LogP contribution < -0.4 is 0 Å². The Hall–Kier alpha value is -0.530. The fraction of sp³-hybridized carbons (Fsp3) is 0.667. The molecule has 5 nitrogen and oxygen atoms in total. The minimum atomic E-state index is -3.42. The molecule has 1 atom stereocenters. The molecular weight excluding hydrogens is 246 g/mol. The van der Waals surface area contributed by atoms with Crippen LogP contribution in [0.3, 0.4) is 0 Å². The molecule has 1 N–H and O–H groups in total. The molecule has 0 bridgehead atoms. The molecule has 0 aliphatic rings. The fourth-order valence-corrected chi connectivity index (χ4v) is 3.11. The van der Waals surface area contributed by atoms with Crippen molar-refractivity contribution in [3.63, 3.8) is 0 Å². The van der Waals surface area contributed by atoms with Crippen molar-refractivity contribution in [3.8, 4) is 0 Å². The molecule has 0 spiro atoms. The summed E-state index contributed by atoms with van der Waals surface area (Å²) in [5, 5.41) is 0.144. The number of aromatic nitrogens is 2. The van der Waals surface area contributed by atoms with Crippen molar-refractivity contribution < 1.29 is 8.42 Å². The Labute approximate surface area is 101 Å². The zero-order valence-corrected chi connectivity index (χ0v) is 11.3. The molecule has 1 aromatic heterocycles. The summed E-state index contributed by atoms with van der Waals surface area (Å²) < 4.78 is 25.5. The van der Waals surface area contributed by atoms with Crippen LogP contribution in [-0.4, -0.2) is 47.8 Å². The van der Waals surface area contributed by atoms with Gasteiger partial charge in [-0.15, -0.1) is 0 Å². The smallest absolute Gasteiger partial charge is 0.260 e. The lowest BCUT2D eigenvalue weighted by Crippen LogP contribution is -2.35. The molecule has 92 valence electrons. The highest BCUT2D eigenvalue weighted by atomic mass is 32.2. The molecule has 1 heterocycles. The normalized spacial score (nSPS) is 14.2. The number of hydrogen-bond donors (Lipinski definition) is 1. The number of nitrogens with zero attached hydrogens (tertiary/aromatic N) is 2. The molecule has 0 aliphatic heterocycles. The second-order valence-electron chi connectivity index (χ2n) is 3.57. The van der Waals surface area contributed by atoms with E-state index in [2.05, 4.69) is 9.97 Å². The van der Waals surface area contributed by atoms with E-state index in [1.54, 1.807) is 18.8 Å². The highest BCUT2D eigenvalue weighted by Crippen LogP contribution is 2.15. The Bertz CT molecular complexity index is 402. The summed E-state index contributed by atoms with van der Waals surface area (Å²) >= 11 is 1.71. The number of H-pyrrole nitrogens is 1. The van der Waals surface area contributed by atoms with Crippen molar-refractivity contribution in [2.45, 2.75) is 24.4 Å². The number of rotatable bonds is 6. The molecule has 1 unspecified atom stereocenters. The van der Waals surface area contributed by atoms with Gasteiger partial charge < -0.3 is 4.98 Å². The van der Waals surface area contributed by atoms with Gasteiger partial charge in [-0.2, -0.15) is 16.1 Å². The summed E-state index contributed by atoms with van der Waals surface area (Å²) in [5.74, 6) is 0.948. The van der Waals surface area contributed by atoms with Crippen molar-refractivity contribution in [2.75, 3.05) is 19.1 Å². The summed E-state index contributed by atoms with van der Waals surface area (Å²) in [7, 11) is -1.82. The van der Waals surface area contributed by atoms with Gasteiger partial charge in [-0.25, -0.2) is 13.4 Å². The van der Waals surface area contributed by atoms with Crippen molar-refractivity contribution in [1.29, 1.82) is 0 Å². The average molecular weight is 263 g/mol. The van der Waals surface area contributed by atoms with E-state index in [1.165, 1.54) is 16.8 Å². The lowest BCUT2D eigenvalue weighted by atomic mass is 10.3. The first kappa shape index (κ1) is 13.5. The molecule has 0 radical (unpaired) electrons. The predicted octanol–water partition coefficient (Wildman–Crippen LogP) is 1.17. The highest BCUT2D eigenvalue weighted by Gasteiger charge is 2.25. The van der Waals surface area contributed by atoms with Crippen LogP contribution in [0.1, 0.15) is 13.3 Å². The standard InChI is InChI=1S/C9H17N3O2S2/c1-8(4-5-15-3)12(2)16(13,14)9-6-10-7-11-9/h6-8H,4-5H2,1-3H3,(H,10,11). The lowest BCUT2D eigenvalue weighted by Gasteiger charge is -2.23. The van der Waals surface area contributed by atoms with E-state index in [0.717, 1.165) is 12.2 Å². The number of imidazole rings is 1. The molecule has 0 aromatic carbocycles. The van der Waals surface area contributed by atoms with Gasteiger partial charge in [0, 0.05) is 13.1 Å². The van der Waals surface area contributed by atoms with E-state index < -0.39 is 10.0 Å². The zero-order valence-electron chi connectivity index (χ0n) is 9.67. The Kier molecular flexibility index (Phi) is 4.82. The van der Waals surface area contributed by atoms with Crippen LogP contribution in [-0.2, 0) is 10.0 Å². The minimum Gasteiger partial charge on any atom is -0.335 e. The monoisotopic (exact) mass is 263 g/mol. The molecule has 7 heteroatoms. The van der Waals surface area contributed by atoms with Gasteiger partial charge in [0.15, 0.2) is 5.03 Å². The highest BCUT2D eigenvalue weighted by molar-refractivity contribution is 7.98. The number of hydrogen-bond acceptors (Lipinski definition) is 4. The van der Waals surface area contributed by atoms with Gasteiger partial charge >= 0.3 is 0 Å². The first-order valence-corrected chi connectivity index (χ1v) is 7.79. The van der Waals surface area contributed by atoms with Crippen LogP contribution in [0.25, 0.3) is 0 Å². The van der Waals surface area contributed by atoms with E-state index >= 15 is 0 Å². The number of nitrogens with one attached hydrogen (secondary N) is 1. The first-order valence-electron chi connectivity index (χ1n) is 4.95. The van der Waals surface area contributed by atoms with Crippen LogP contribution in [0.2, 0.25) is 0 Å². The zero-order chi connectivity index (χ0) is 12.2. The molecule has 1 aromatic rings. The number of thioether (sulfide) groups is 1. The molecular formula is C9H17N3O2S2. The summed E-state index contributed by atoms with van der Waals surface area (Å²) in [5.41, 5.74) is 0. The summed E-state index contributed by atoms with van der Waals surface area (Å²) in [6.45, 7) is 1.91. The summed E-state index contributed by atoms with van der Waals surface area (Å²) in [6, 6.07) is -0.0132. The van der Waals surface area contributed by atoms with Crippen LogP contribution in [0, 0.1) is 0 Å². The van der Waals surface area contributed by atoms with Gasteiger partial charge in [0.25, 0.3) is 10.0 Å². The summed E-state index contributed by atoms with van der Waals surface area (Å²) in [6.07, 6.45) is 5.54. The van der Waals surface area contributed by atoms with Crippen molar-refractivity contribution in [1.82, 2.24) is 14.3 Å². The van der Waals surface area contributed by atoms with Gasteiger partial charge in [0.1, 0.15) is 0 Å². The topological polar surface area (TPSA) is 66.1 Å². The molecule has 16 heavy (non-hydrogen) atoms. The van der Waals surface area contributed by atoms with E-state index in [0.29, 0.717) is 0 Å². The second-order valence-corrected chi connectivity index (χ2v) is 6.52. The van der Waals surface area contributed by atoms with Crippen molar-refractivity contribution in [2.24, 2.45) is 0 Å². The van der Waals surface area contributed by atoms with Gasteiger partial charge in [0.2, 0.25) is 0 Å². The SMILES string of the molecule is CSCCC(C)N(C)S(=O)(=O)c1cnc[nH]1. The molecule has 0 saturated heterocycles. The summed E-state index contributed by atoms with van der Waals surface area (Å²) in [4.78, 5) is 6.35. The Balaban J connectivity index is 2.77. The largest absolute Gasteiger partial charge is 0.335 e. The second kappa shape index (κ2) is 5.70. The van der Waals surface area contributed by atoms with Crippen LogP contribution in [0.15, 0.2) is 17.6 Å².